The summed E-state index contributed by atoms with van der Waals surface area (Å²) < 4.78 is 0. The lowest BCUT2D eigenvalue weighted by Crippen LogP contribution is -2.25. The Morgan fingerprint density at radius 3 is 2.53 bits per heavy atom. The SMILES string of the molecule is CN(CCN)Cc1cccc(N(C)C)c1. The molecule has 0 saturated carbocycles. The van der Waals surface area contributed by atoms with Gasteiger partial charge >= 0.3 is 0 Å². The monoisotopic (exact) mass is 207 g/mol. The maximum atomic E-state index is 5.51. The predicted octanol–water partition coefficient (Wildman–Crippen LogP) is 1.14. The van der Waals surface area contributed by atoms with Crippen molar-refractivity contribution in [1.29, 1.82) is 0 Å². The first kappa shape index (κ1) is 12.0. The van der Waals surface area contributed by atoms with Crippen LogP contribution in [-0.2, 0) is 6.54 Å². The fourth-order valence-electron chi connectivity index (χ4n) is 1.54. The van der Waals surface area contributed by atoms with Gasteiger partial charge in [-0.3, -0.25) is 0 Å². The topological polar surface area (TPSA) is 32.5 Å². The van der Waals surface area contributed by atoms with Gasteiger partial charge < -0.3 is 15.5 Å². The fourth-order valence-corrected chi connectivity index (χ4v) is 1.54. The lowest BCUT2D eigenvalue weighted by atomic mass is 10.2. The van der Waals surface area contributed by atoms with Crippen LogP contribution >= 0.6 is 0 Å². The highest BCUT2D eigenvalue weighted by atomic mass is 15.1. The van der Waals surface area contributed by atoms with Gasteiger partial charge in [-0.15, -0.1) is 0 Å². The van der Waals surface area contributed by atoms with E-state index in [4.69, 9.17) is 5.73 Å². The van der Waals surface area contributed by atoms with Gasteiger partial charge in [-0.1, -0.05) is 12.1 Å². The van der Waals surface area contributed by atoms with E-state index in [1.54, 1.807) is 0 Å². The molecule has 0 unspecified atom stereocenters. The second-order valence-corrected chi connectivity index (χ2v) is 4.09. The Hall–Kier alpha value is -1.06. The molecule has 0 aliphatic carbocycles. The highest BCUT2D eigenvalue weighted by molar-refractivity contribution is 5.47. The fraction of sp³-hybridized carbons (Fsp3) is 0.500. The zero-order valence-electron chi connectivity index (χ0n) is 9.90. The number of rotatable bonds is 5. The van der Waals surface area contributed by atoms with Gasteiger partial charge in [-0.25, -0.2) is 0 Å². The minimum Gasteiger partial charge on any atom is -0.378 e. The standard InChI is InChI=1S/C12H21N3/c1-14(2)12-6-4-5-11(9-12)10-15(3)8-7-13/h4-6,9H,7-8,10,13H2,1-3H3. The molecule has 0 spiro atoms. The molecule has 1 rings (SSSR count). The molecule has 0 saturated heterocycles. The lowest BCUT2D eigenvalue weighted by Gasteiger charge is -2.18. The number of hydrogen-bond donors (Lipinski definition) is 1. The third kappa shape index (κ3) is 3.90. The Bertz CT molecular complexity index is 297. The van der Waals surface area contributed by atoms with Gasteiger partial charge in [-0.05, 0) is 24.7 Å². The maximum absolute atomic E-state index is 5.51. The van der Waals surface area contributed by atoms with Crippen molar-refractivity contribution >= 4 is 5.69 Å². The Balaban J connectivity index is 2.65. The van der Waals surface area contributed by atoms with Crippen molar-refractivity contribution in [3.05, 3.63) is 29.8 Å². The molecule has 0 atom stereocenters. The molecule has 84 valence electrons. The van der Waals surface area contributed by atoms with Gasteiger partial charge in [0, 0.05) is 39.4 Å². The van der Waals surface area contributed by atoms with Crippen LogP contribution in [0.15, 0.2) is 24.3 Å². The summed E-state index contributed by atoms with van der Waals surface area (Å²) in [5.41, 5.74) is 8.09. The molecule has 2 N–H and O–H groups in total. The number of nitrogens with zero attached hydrogens (tertiary/aromatic N) is 2. The van der Waals surface area contributed by atoms with E-state index in [9.17, 15) is 0 Å². The lowest BCUT2D eigenvalue weighted by molar-refractivity contribution is 0.336. The van der Waals surface area contributed by atoms with Crippen LogP contribution in [0.1, 0.15) is 5.56 Å². The summed E-state index contributed by atoms with van der Waals surface area (Å²) in [6.07, 6.45) is 0. The second kappa shape index (κ2) is 5.73. The third-order valence-electron chi connectivity index (χ3n) is 2.39. The highest BCUT2D eigenvalue weighted by Gasteiger charge is 2.01. The highest BCUT2D eigenvalue weighted by Crippen LogP contribution is 2.14. The predicted molar refractivity (Wildman–Crippen MR) is 66.2 cm³/mol. The summed E-state index contributed by atoms with van der Waals surface area (Å²) in [6.45, 7) is 2.61. The van der Waals surface area contributed by atoms with Crippen molar-refractivity contribution in [2.45, 2.75) is 6.54 Å². The van der Waals surface area contributed by atoms with Crippen LogP contribution in [-0.4, -0.2) is 39.1 Å². The van der Waals surface area contributed by atoms with E-state index in [0.29, 0.717) is 6.54 Å². The average molecular weight is 207 g/mol. The van der Waals surface area contributed by atoms with E-state index in [1.807, 2.05) is 0 Å². The van der Waals surface area contributed by atoms with E-state index in [-0.39, 0.29) is 0 Å². The Morgan fingerprint density at radius 1 is 1.20 bits per heavy atom. The number of anilines is 1. The molecule has 0 radical (unpaired) electrons. The molecule has 0 aliphatic rings. The van der Waals surface area contributed by atoms with Crippen LogP contribution in [0.5, 0.6) is 0 Å². The van der Waals surface area contributed by atoms with Crippen LogP contribution < -0.4 is 10.6 Å². The van der Waals surface area contributed by atoms with Gasteiger partial charge in [-0.2, -0.15) is 0 Å². The number of likely N-dealkylation sites (N-methyl/N-ethyl adjacent to an activating group) is 1. The van der Waals surface area contributed by atoms with Gasteiger partial charge in [0.05, 0.1) is 0 Å². The van der Waals surface area contributed by atoms with Gasteiger partial charge in [0.2, 0.25) is 0 Å². The summed E-state index contributed by atoms with van der Waals surface area (Å²) in [5.74, 6) is 0. The Morgan fingerprint density at radius 2 is 1.93 bits per heavy atom. The summed E-state index contributed by atoms with van der Waals surface area (Å²) >= 11 is 0. The Kier molecular flexibility index (Phi) is 4.59. The van der Waals surface area contributed by atoms with Crippen LogP contribution in [0, 0.1) is 0 Å². The van der Waals surface area contributed by atoms with Crippen molar-refractivity contribution in [2.24, 2.45) is 5.73 Å². The first-order valence-corrected chi connectivity index (χ1v) is 5.28. The van der Waals surface area contributed by atoms with Crippen LogP contribution in [0.2, 0.25) is 0 Å². The normalized spacial score (nSPS) is 10.7. The van der Waals surface area contributed by atoms with Crippen molar-refractivity contribution in [2.75, 3.05) is 39.1 Å². The van der Waals surface area contributed by atoms with Crippen molar-refractivity contribution < 1.29 is 0 Å². The third-order valence-corrected chi connectivity index (χ3v) is 2.39. The Labute approximate surface area is 92.5 Å². The van der Waals surface area contributed by atoms with Gasteiger partial charge in [0.25, 0.3) is 0 Å². The van der Waals surface area contributed by atoms with Gasteiger partial charge in [0.1, 0.15) is 0 Å². The smallest absolute Gasteiger partial charge is 0.0364 e. The first-order valence-electron chi connectivity index (χ1n) is 5.28. The zero-order valence-corrected chi connectivity index (χ0v) is 9.90. The molecule has 3 nitrogen and oxygen atoms in total. The number of hydrogen-bond acceptors (Lipinski definition) is 3. The average Bonchev–Trinajstić information content (AvgIpc) is 2.18. The van der Waals surface area contributed by atoms with Crippen LogP contribution in [0.25, 0.3) is 0 Å². The molecule has 0 aromatic heterocycles. The minimum atomic E-state index is 0.712. The molecule has 0 amide bonds. The summed E-state index contributed by atoms with van der Waals surface area (Å²) in [5, 5.41) is 0. The molecule has 0 fully saturated rings. The zero-order chi connectivity index (χ0) is 11.3. The quantitative estimate of drug-likeness (QED) is 0.786. The van der Waals surface area contributed by atoms with Crippen molar-refractivity contribution in [3.63, 3.8) is 0 Å². The molecule has 3 heteroatoms. The molecule has 1 aromatic rings. The summed E-state index contributed by atoms with van der Waals surface area (Å²) in [6, 6.07) is 8.58. The number of nitrogens with two attached hydrogens (primary N) is 1. The van der Waals surface area contributed by atoms with Crippen LogP contribution in [0.3, 0.4) is 0 Å². The number of benzene rings is 1. The maximum Gasteiger partial charge on any atom is 0.0364 e. The molecule has 0 heterocycles. The largest absolute Gasteiger partial charge is 0.378 e. The van der Waals surface area contributed by atoms with Crippen molar-refractivity contribution in [3.8, 4) is 0 Å². The molecule has 0 bridgehead atoms. The summed E-state index contributed by atoms with van der Waals surface area (Å²) in [7, 11) is 6.21. The van der Waals surface area contributed by atoms with E-state index < -0.39 is 0 Å². The molecule has 15 heavy (non-hydrogen) atoms. The molecule has 1 aromatic carbocycles. The molecule has 0 aliphatic heterocycles. The van der Waals surface area contributed by atoms with E-state index in [2.05, 4.69) is 55.2 Å². The van der Waals surface area contributed by atoms with E-state index >= 15 is 0 Å². The minimum absolute atomic E-state index is 0.712. The van der Waals surface area contributed by atoms with Crippen molar-refractivity contribution in [1.82, 2.24) is 4.90 Å². The summed E-state index contributed by atoms with van der Waals surface area (Å²) in [4.78, 5) is 4.35. The van der Waals surface area contributed by atoms with E-state index in [0.717, 1.165) is 13.1 Å². The van der Waals surface area contributed by atoms with E-state index in [1.165, 1.54) is 11.3 Å². The van der Waals surface area contributed by atoms with Gasteiger partial charge in [0.15, 0.2) is 0 Å². The first-order chi connectivity index (χ1) is 7.13. The van der Waals surface area contributed by atoms with Crippen LogP contribution in [0.4, 0.5) is 5.69 Å². The molecular weight excluding hydrogens is 186 g/mol. The molecular formula is C12H21N3. The second-order valence-electron chi connectivity index (χ2n) is 4.09.